The highest BCUT2D eigenvalue weighted by molar-refractivity contribution is 5.95. The zero-order valence-corrected chi connectivity index (χ0v) is 19.7. The van der Waals surface area contributed by atoms with Crippen LogP contribution in [0, 0.1) is 0 Å². The Hall–Kier alpha value is -3.16. The molecule has 0 radical (unpaired) electrons. The number of aromatic nitrogens is 2. The average Bonchev–Trinajstić information content (AvgIpc) is 3.33. The van der Waals surface area contributed by atoms with Crippen LogP contribution in [0.15, 0.2) is 18.2 Å². The maximum absolute atomic E-state index is 13.4. The van der Waals surface area contributed by atoms with Crippen molar-refractivity contribution in [3.05, 3.63) is 46.4 Å². The van der Waals surface area contributed by atoms with E-state index in [9.17, 15) is 9.59 Å². The third-order valence-corrected chi connectivity index (χ3v) is 7.24. The second kappa shape index (κ2) is 8.65. The van der Waals surface area contributed by atoms with E-state index in [2.05, 4.69) is 29.4 Å². The van der Waals surface area contributed by atoms with Crippen LogP contribution >= 0.6 is 0 Å². The summed E-state index contributed by atoms with van der Waals surface area (Å²) in [4.78, 5) is 41.2. The lowest BCUT2D eigenvalue weighted by Crippen LogP contribution is -2.38. The van der Waals surface area contributed by atoms with E-state index in [0.29, 0.717) is 25.3 Å². The van der Waals surface area contributed by atoms with Crippen LogP contribution in [0.3, 0.4) is 0 Å². The first-order chi connectivity index (χ1) is 16.0. The Morgan fingerprint density at radius 1 is 1.09 bits per heavy atom. The van der Waals surface area contributed by atoms with Crippen LogP contribution in [0.5, 0.6) is 0 Å². The molecule has 0 unspecified atom stereocenters. The summed E-state index contributed by atoms with van der Waals surface area (Å²) in [5.41, 5.74) is 5.18. The van der Waals surface area contributed by atoms with Gasteiger partial charge >= 0.3 is 0 Å². The Labute approximate surface area is 195 Å². The lowest BCUT2D eigenvalue weighted by molar-refractivity contribution is -0.129. The van der Waals surface area contributed by atoms with Gasteiger partial charge in [-0.15, -0.1) is 0 Å². The van der Waals surface area contributed by atoms with E-state index in [1.807, 2.05) is 22.9 Å². The van der Waals surface area contributed by atoms with Crippen LogP contribution in [-0.4, -0.2) is 65.3 Å². The second-order valence-corrected chi connectivity index (χ2v) is 9.32. The van der Waals surface area contributed by atoms with E-state index in [1.165, 1.54) is 11.3 Å². The molecule has 2 amide bonds. The van der Waals surface area contributed by atoms with Crippen molar-refractivity contribution < 1.29 is 9.59 Å². The molecular formula is C25H32N6O2. The minimum absolute atomic E-state index is 0.0501. The number of anilines is 2. The Morgan fingerprint density at radius 2 is 1.94 bits per heavy atom. The molecule has 0 aliphatic carbocycles. The number of carbonyl (C=O) groups excluding carboxylic acids is 2. The molecule has 33 heavy (non-hydrogen) atoms. The van der Waals surface area contributed by atoms with Gasteiger partial charge in [0.25, 0.3) is 5.91 Å². The lowest BCUT2D eigenvalue weighted by Gasteiger charge is -2.31. The Balaban J connectivity index is 1.42. The second-order valence-electron chi connectivity index (χ2n) is 9.32. The largest absolute Gasteiger partial charge is 0.374 e. The van der Waals surface area contributed by atoms with Crippen molar-refractivity contribution in [2.75, 3.05) is 43.9 Å². The fourth-order valence-corrected chi connectivity index (χ4v) is 5.49. The number of aryl methyl sites for hydroxylation is 1. The van der Waals surface area contributed by atoms with Gasteiger partial charge in [0.05, 0.1) is 18.3 Å². The molecule has 2 aromatic rings. The van der Waals surface area contributed by atoms with Gasteiger partial charge in [-0.1, -0.05) is 0 Å². The standard InChI is InChI=1S/C25H32N6O2/c1-16(32)31-12-5-7-22(31)24-27-20-15-30(13-10-19(20)23(26-2)28-24)25(33)18-8-9-21-17(14-18)6-4-11-29(21)3/h8-9,14,22H,4-7,10-13,15H2,1-3H3,(H,26,27,28)/t22-/m0/s1. The number of likely N-dealkylation sites (tertiary alicyclic amines) is 1. The minimum atomic E-state index is -0.0939. The molecule has 8 nitrogen and oxygen atoms in total. The van der Waals surface area contributed by atoms with Gasteiger partial charge in [0, 0.05) is 57.5 Å². The lowest BCUT2D eigenvalue weighted by atomic mass is 9.98. The highest BCUT2D eigenvalue weighted by atomic mass is 16.2. The number of hydrogen-bond acceptors (Lipinski definition) is 6. The quantitative estimate of drug-likeness (QED) is 0.778. The molecule has 0 bridgehead atoms. The summed E-state index contributed by atoms with van der Waals surface area (Å²) >= 11 is 0. The maximum atomic E-state index is 13.4. The predicted octanol–water partition coefficient (Wildman–Crippen LogP) is 2.78. The number of benzene rings is 1. The van der Waals surface area contributed by atoms with Gasteiger partial charge in [0.15, 0.2) is 5.82 Å². The molecule has 1 N–H and O–H groups in total. The molecule has 1 atom stereocenters. The normalized spacial score (nSPS) is 19.8. The van der Waals surface area contributed by atoms with Gasteiger partial charge in [-0.05, 0) is 55.9 Å². The van der Waals surface area contributed by atoms with Crippen molar-refractivity contribution in [3.63, 3.8) is 0 Å². The summed E-state index contributed by atoms with van der Waals surface area (Å²) in [6, 6.07) is 6.00. The number of fused-ring (bicyclic) bond motifs is 2. The Morgan fingerprint density at radius 3 is 2.73 bits per heavy atom. The summed E-state index contributed by atoms with van der Waals surface area (Å²) in [6.45, 7) is 4.51. The van der Waals surface area contributed by atoms with Crippen LogP contribution in [0.1, 0.15) is 65.2 Å². The van der Waals surface area contributed by atoms with Gasteiger partial charge in [-0.25, -0.2) is 9.97 Å². The van der Waals surface area contributed by atoms with Crippen molar-refractivity contribution in [3.8, 4) is 0 Å². The summed E-state index contributed by atoms with van der Waals surface area (Å²) < 4.78 is 0. The number of nitrogens with one attached hydrogen (secondary N) is 1. The molecular weight excluding hydrogens is 416 g/mol. The number of rotatable bonds is 3. The fraction of sp³-hybridized carbons (Fsp3) is 0.520. The van der Waals surface area contributed by atoms with Crippen molar-refractivity contribution in [1.29, 1.82) is 0 Å². The zero-order chi connectivity index (χ0) is 23.1. The summed E-state index contributed by atoms with van der Waals surface area (Å²) in [7, 11) is 3.97. The van der Waals surface area contributed by atoms with E-state index in [-0.39, 0.29) is 17.9 Å². The highest BCUT2D eigenvalue weighted by Gasteiger charge is 2.33. The Kier molecular flexibility index (Phi) is 5.68. The van der Waals surface area contributed by atoms with E-state index >= 15 is 0 Å². The van der Waals surface area contributed by atoms with Crippen molar-refractivity contribution in [1.82, 2.24) is 19.8 Å². The van der Waals surface area contributed by atoms with Crippen LogP contribution in [-0.2, 0) is 24.2 Å². The molecule has 174 valence electrons. The van der Waals surface area contributed by atoms with Gasteiger partial charge in [0.2, 0.25) is 5.91 Å². The smallest absolute Gasteiger partial charge is 0.254 e. The molecule has 1 fully saturated rings. The van der Waals surface area contributed by atoms with E-state index in [1.54, 1.807) is 6.92 Å². The fourth-order valence-electron chi connectivity index (χ4n) is 5.49. The Bertz CT molecular complexity index is 1100. The molecule has 3 aliphatic heterocycles. The van der Waals surface area contributed by atoms with E-state index in [0.717, 1.165) is 61.4 Å². The molecule has 0 spiro atoms. The molecule has 5 rings (SSSR count). The minimum Gasteiger partial charge on any atom is -0.374 e. The van der Waals surface area contributed by atoms with Gasteiger partial charge in [-0.2, -0.15) is 0 Å². The molecule has 4 heterocycles. The third kappa shape index (κ3) is 3.92. The van der Waals surface area contributed by atoms with Gasteiger partial charge in [0.1, 0.15) is 5.82 Å². The monoisotopic (exact) mass is 448 g/mol. The van der Waals surface area contributed by atoms with Gasteiger partial charge in [-0.3, -0.25) is 9.59 Å². The zero-order valence-electron chi connectivity index (χ0n) is 19.7. The highest BCUT2D eigenvalue weighted by Crippen LogP contribution is 2.33. The summed E-state index contributed by atoms with van der Waals surface area (Å²) in [5, 5.41) is 3.21. The number of amides is 2. The van der Waals surface area contributed by atoms with Crippen LogP contribution in [0.4, 0.5) is 11.5 Å². The molecule has 1 aromatic carbocycles. The summed E-state index contributed by atoms with van der Waals surface area (Å²) in [6.07, 6.45) is 4.67. The van der Waals surface area contributed by atoms with Crippen LogP contribution in [0.25, 0.3) is 0 Å². The van der Waals surface area contributed by atoms with Crippen molar-refractivity contribution in [2.24, 2.45) is 0 Å². The molecule has 0 saturated carbocycles. The van der Waals surface area contributed by atoms with Gasteiger partial charge < -0.3 is 20.0 Å². The topological polar surface area (TPSA) is 81.7 Å². The van der Waals surface area contributed by atoms with E-state index in [4.69, 9.17) is 9.97 Å². The van der Waals surface area contributed by atoms with E-state index < -0.39 is 0 Å². The van der Waals surface area contributed by atoms with Crippen molar-refractivity contribution in [2.45, 2.75) is 51.6 Å². The first-order valence-corrected chi connectivity index (χ1v) is 11.9. The molecule has 1 saturated heterocycles. The molecule has 1 aromatic heterocycles. The molecule has 3 aliphatic rings. The maximum Gasteiger partial charge on any atom is 0.254 e. The average molecular weight is 449 g/mol. The van der Waals surface area contributed by atoms with Crippen LogP contribution in [0.2, 0.25) is 0 Å². The van der Waals surface area contributed by atoms with Crippen molar-refractivity contribution >= 4 is 23.3 Å². The predicted molar refractivity (Wildman–Crippen MR) is 127 cm³/mol. The number of carbonyl (C=O) groups is 2. The first-order valence-electron chi connectivity index (χ1n) is 11.9. The summed E-state index contributed by atoms with van der Waals surface area (Å²) in [5.74, 6) is 1.60. The molecule has 8 heteroatoms. The number of nitrogens with zero attached hydrogens (tertiary/aromatic N) is 5. The first kappa shape index (κ1) is 21.7. The SMILES string of the molecule is CNc1nc([C@@H]2CCCN2C(C)=O)nc2c1CCN(C(=O)c1ccc3c(c1)CCCN3C)C2. The third-order valence-electron chi connectivity index (χ3n) is 7.24. The van der Waals surface area contributed by atoms with Crippen LogP contribution < -0.4 is 10.2 Å². The number of hydrogen-bond donors (Lipinski definition) is 1.